The Morgan fingerprint density at radius 3 is 2.58 bits per heavy atom. The van der Waals surface area contributed by atoms with Gasteiger partial charge in [-0.05, 0) is 47.6 Å². The molecule has 1 N–H and O–H groups in total. The lowest BCUT2D eigenvalue weighted by Gasteiger charge is -2.08. The summed E-state index contributed by atoms with van der Waals surface area (Å²) in [6.45, 7) is 5.05. The normalized spacial score (nSPS) is 10.5. The molecule has 0 atom stereocenters. The molecule has 0 unspecified atom stereocenters. The van der Waals surface area contributed by atoms with E-state index in [-0.39, 0.29) is 5.91 Å². The van der Waals surface area contributed by atoms with Crippen LogP contribution in [0.1, 0.15) is 61.4 Å². The van der Waals surface area contributed by atoms with Crippen molar-refractivity contribution in [1.82, 2.24) is 5.32 Å². The molecule has 0 aromatic heterocycles. The van der Waals surface area contributed by atoms with Gasteiger partial charge in [0.15, 0.2) is 0 Å². The fourth-order valence-corrected chi connectivity index (χ4v) is 2.63. The van der Waals surface area contributed by atoms with Crippen molar-refractivity contribution >= 4 is 28.5 Å². The number of halogens is 1. The molecule has 0 bridgehead atoms. The highest BCUT2D eigenvalue weighted by Gasteiger charge is 2.10. The molecule has 19 heavy (non-hydrogen) atoms. The molecule has 1 rings (SSSR count). The summed E-state index contributed by atoms with van der Waals surface area (Å²) in [5.41, 5.74) is 1.96. The molecule has 1 amide bonds. The fourth-order valence-electron chi connectivity index (χ4n) is 2.03. The molecule has 1 aromatic rings. The van der Waals surface area contributed by atoms with Crippen molar-refractivity contribution in [2.45, 2.75) is 52.4 Å². The van der Waals surface area contributed by atoms with Gasteiger partial charge < -0.3 is 5.32 Å². The highest BCUT2D eigenvalue weighted by Crippen LogP contribution is 2.16. The number of nitrogens with one attached hydrogen (secondary N) is 1. The summed E-state index contributed by atoms with van der Waals surface area (Å²) in [5.74, 6) is 0.0571. The van der Waals surface area contributed by atoms with Crippen molar-refractivity contribution in [3.05, 3.63) is 32.9 Å². The van der Waals surface area contributed by atoms with E-state index in [1.807, 2.05) is 25.1 Å². The first kappa shape index (κ1) is 16.5. The monoisotopic (exact) mass is 373 g/mol. The van der Waals surface area contributed by atoms with Crippen molar-refractivity contribution in [3.63, 3.8) is 0 Å². The molecular weight excluding hydrogens is 349 g/mol. The first-order valence-electron chi connectivity index (χ1n) is 7.20. The SMILES string of the molecule is CCCCCCCCNC(=O)c1cccc(C)c1I. The first-order valence-corrected chi connectivity index (χ1v) is 8.28. The van der Waals surface area contributed by atoms with Gasteiger partial charge in [-0.25, -0.2) is 0 Å². The maximum atomic E-state index is 12.0. The molecule has 0 aliphatic heterocycles. The van der Waals surface area contributed by atoms with Crippen LogP contribution in [-0.4, -0.2) is 12.5 Å². The molecular formula is C16H24INO. The van der Waals surface area contributed by atoms with Gasteiger partial charge in [-0.15, -0.1) is 0 Å². The van der Waals surface area contributed by atoms with Crippen LogP contribution in [0.2, 0.25) is 0 Å². The Morgan fingerprint density at radius 1 is 1.16 bits per heavy atom. The zero-order valence-corrected chi connectivity index (χ0v) is 14.1. The fraction of sp³-hybridized carbons (Fsp3) is 0.562. The van der Waals surface area contributed by atoms with Crippen molar-refractivity contribution in [2.75, 3.05) is 6.54 Å². The summed E-state index contributed by atoms with van der Waals surface area (Å²) in [5, 5.41) is 3.01. The second-order valence-electron chi connectivity index (χ2n) is 4.96. The third kappa shape index (κ3) is 5.93. The number of benzene rings is 1. The third-order valence-electron chi connectivity index (χ3n) is 3.25. The van der Waals surface area contributed by atoms with E-state index in [0.717, 1.165) is 27.7 Å². The van der Waals surface area contributed by atoms with Gasteiger partial charge in [-0.1, -0.05) is 51.2 Å². The highest BCUT2D eigenvalue weighted by atomic mass is 127. The van der Waals surface area contributed by atoms with Crippen LogP contribution in [0.4, 0.5) is 0 Å². The van der Waals surface area contributed by atoms with Crippen LogP contribution in [-0.2, 0) is 0 Å². The number of carbonyl (C=O) groups excluding carboxylic acids is 1. The van der Waals surface area contributed by atoms with E-state index in [0.29, 0.717) is 0 Å². The summed E-state index contributed by atoms with van der Waals surface area (Å²) >= 11 is 2.24. The second-order valence-corrected chi connectivity index (χ2v) is 6.04. The van der Waals surface area contributed by atoms with E-state index in [1.54, 1.807) is 0 Å². The lowest BCUT2D eigenvalue weighted by atomic mass is 10.1. The second kappa shape index (κ2) is 9.34. The van der Waals surface area contributed by atoms with Crippen LogP contribution < -0.4 is 5.32 Å². The van der Waals surface area contributed by atoms with Crippen LogP contribution in [0.25, 0.3) is 0 Å². The van der Waals surface area contributed by atoms with Gasteiger partial charge in [0.05, 0.1) is 5.56 Å². The minimum Gasteiger partial charge on any atom is -0.352 e. The highest BCUT2D eigenvalue weighted by molar-refractivity contribution is 14.1. The zero-order chi connectivity index (χ0) is 14.1. The lowest BCUT2D eigenvalue weighted by molar-refractivity contribution is 0.0952. The van der Waals surface area contributed by atoms with Crippen molar-refractivity contribution in [3.8, 4) is 0 Å². The van der Waals surface area contributed by atoms with E-state index in [2.05, 4.69) is 34.8 Å². The largest absolute Gasteiger partial charge is 0.352 e. The molecule has 0 saturated heterocycles. The number of hydrogen-bond acceptors (Lipinski definition) is 1. The van der Waals surface area contributed by atoms with Crippen LogP contribution in [0.15, 0.2) is 18.2 Å². The van der Waals surface area contributed by atoms with Gasteiger partial charge in [-0.3, -0.25) is 4.79 Å². The molecule has 0 spiro atoms. The Bertz CT molecular complexity index is 404. The predicted octanol–water partition coefficient (Wildman–Crippen LogP) is 4.69. The van der Waals surface area contributed by atoms with Gasteiger partial charge in [0, 0.05) is 10.1 Å². The molecule has 0 aliphatic carbocycles. The summed E-state index contributed by atoms with van der Waals surface area (Å²) in [4.78, 5) is 12.0. The number of hydrogen-bond donors (Lipinski definition) is 1. The minimum atomic E-state index is 0.0571. The van der Waals surface area contributed by atoms with Gasteiger partial charge in [0.2, 0.25) is 0 Å². The number of aryl methyl sites for hydroxylation is 1. The van der Waals surface area contributed by atoms with Gasteiger partial charge in [0.25, 0.3) is 5.91 Å². The van der Waals surface area contributed by atoms with Gasteiger partial charge >= 0.3 is 0 Å². The van der Waals surface area contributed by atoms with E-state index in [1.165, 1.54) is 32.1 Å². The van der Waals surface area contributed by atoms with Gasteiger partial charge in [-0.2, -0.15) is 0 Å². The molecule has 3 heteroatoms. The Hall–Kier alpha value is -0.580. The van der Waals surface area contributed by atoms with E-state index in [4.69, 9.17) is 0 Å². The Labute approximate surface area is 130 Å². The Morgan fingerprint density at radius 2 is 1.84 bits per heavy atom. The van der Waals surface area contributed by atoms with Crippen LogP contribution in [0.5, 0.6) is 0 Å². The summed E-state index contributed by atoms with van der Waals surface area (Å²) < 4.78 is 1.06. The average Bonchev–Trinajstić information content (AvgIpc) is 2.40. The lowest BCUT2D eigenvalue weighted by Crippen LogP contribution is -2.25. The maximum absolute atomic E-state index is 12.0. The van der Waals surface area contributed by atoms with Crippen molar-refractivity contribution in [1.29, 1.82) is 0 Å². The van der Waals surface area contributed by atoms with E-state index < -0.39 is 0 Å². The zero-order valence-electron chi connectivity index (χ0n) is 12.0. The molecule has 0 heterocycles. The minimum absolute atomic E-state index is 0.0571. The maximum Gasteiger partial charge on any atom is 0.252 e. The van der Waals surface area contributed by atoms with Crippen LogP contribution in [0, 0.1) is 10.5 Å². The number of rotatable bonds is 8. The average molecular weight is 373 g/mol. The first-order chi connectivity index (χ1) is 9.16. The van der Waals surface area contributed by atoms with E-state index in [9.17, 15) is 4.79 Å². The molecule has 2 nitrogen and oxygen atoms in total. The van der Waals surface area contributed by atoms with Crippen LogP contribution >= 0.6 is 22.6 Å². The standard InChI is InChI=1S/C16H24INO/c1-3-4-5-6-7-8-12-18-16(19)14-11-9-10-13(2)15(14)17/h9-11H,3-8,12H2,1-2H3,(H,18,19). The summed E-state index contributed by atoms with van der Waals surface area (Å²) in [6, 6.07) is 5.87. The number of amides is 1. The number of carbonyl (C=O) groups is 1. The van der Waals surface area contributed by atoms with E-state index >= 15 is 0 Å². The van der Waals surface area contributed by atoms with Crippen molar-refractivity contribution < 1.29 is 4.79 Å². The summed E-state index contributed by atoms with van der Waals surface area (Å²) in [6.07, 6.45) is 7.51. The Kier molecular flexibility index (Phi) is 8.10. The van der Waals surface area contributed by atoms with Gasteiger partial charge in [0.1, 0.15) is 0 Å². The third-order valence-corrected chi connectivity index (χ3v) is 4.68. The van der Waals surface area contributed by atoms with Crippen LogP contribution in [0.3, 0.4) is 0 Å². The Balaban J connectivity index is 2.26. The molecule has 106 valence electrons. The molecule has 0 aliphatic rings. The molecule has 1 aromatic carbocycles. The smallest absolute Gasteiger partial charge is 0.252 e. The predicted molar refractivity (Wildman–Crippen MR) is 89.6 cm³/mol. The summed E-state index contributed by atoms with van der Waals surface area (Å²) in [7, 11) is 0. The molecule has 0 saturated carbocycles. The van der Waals surface area contributed by atoms with Crippen molar-refractivity contribution in [2.24, 2.45) is 0 Å². The quantitative estimate of drug-likeness (QED) is 0.520. The topological polar surface area (TPSA) is 29.1 Å². The molecule has 0 radical (unpaired) electrons. The number of unbranched alkanes of at least 4 members (excludes halogenated alkanes) is 5. The molecule has 0 fully saturated rings.